The lowest BCUT2D eigenvalue weighted by Gasteiger charge is -2.02. The first-order valence-electron chi connectivity index (χ1n) is 4.77. The molecular formula is C11H12N2O. The molecule has 0 spiro atoms. The van der Waals surface area contributed by atoms with Gasteiger partial charge in [0, 0.05) is 6.54 Å². The predicted octanol–water partition coefficient (Wildman–Crippen LogP) is 2.26. The van der Waals surface area contributed by atoms with E-state index in [2.05, 4.69) is 11.9 Å². The fraction of sp³-hybridized carbons (Fsp3) is 0.273. The number of nitrogens with zero attached hydrogens (tertiary/aromatic N) is 2. The number of fused-ring (bicyclic) bond motifs is 1. The van der Waals surface area contributed by atoms with Crippen LogP contribution in [-0.2, 0) is 6.54 Å². The third-order valence-electron chi connectivity index (χ3n) is 2.24. The van der Waals surface area contributed by atoms with Gasteiger partial charge in [0.25, 0.3) is 0 Å². The van der Waals surface area contributed by atoms with Crippen molar-refractivity contribution in [2.75, 3.05) is 0 Å². The molecule has 3 nitrogen and oxygen atoms in total. The molecule has 1 aromatic carbocycles. The van der Waals surface area contributed by atoms with Crippen molar-refractivity contribution in [2.45, 2.75) is 19.9 Å². The number of aldehydes is 1. The Morgan fingerprint density at radius 3 is 2.93 bits per heavy atom. The first-order chi connectivity index (χ1) is 6.86. The van der Waals surface area contributed by atoms with Crippen LogP contribution in [0.2, 0.25) is 0 Å². The zero-order valence-corrected chi connectivity index (χ0v) is 8.10. The second-order valence-corrected chi connectivity index (χ2v) is 3.23. The molecule has 2 rings (SSSR count). The standard InChI is InChI=1S/C11H12N2O/c1-2-7-13-10-6-4-3-5-9(10)12-11(13)8-14/h3-6,8H,2,7H2,1H3. The van der Waals surface area contributed by atoms with E-state index >= 15 is 0 Å². The Kier molecular flexibility index (Phi) is 2.31. The number of benzene rings is 1. The Hall–Kier alpha value is -1.64. The minimum atomic E-state index is 0.521. The van der Waals surface area contributed by atoms with Crippen LogP contribution in [0, 0.1) is 0 Å². The van der Waals surface area contributed by atoms with Crippen LogP contribution in [0.25, 0.3) is 11.0 Å². The van der Waals surface area contributed by atoms with Crippen LogP contribution in [0.5, 0.6) is 0 Å². The summed E-state index contributed by atoms with van der Waals surface area (Å²) in [5.74, 6) is 0.521. The summed E-state index contributed by atoms with van der Waals surface area (Å²) in [7, 11) is 0. The summed E-state index contributed by atoms with van der Waals surface area (Å²) in [5.41, 5.74) is 1.93. The van der Waals surface area contributed by atoms with Crippen molar-refractivity contribution in [3.05, 3.63) is 30.1 Å². The summed E-state index contributed by atoms with van der Waals surface area (Å²) in [4.78, 5) is 15.0. The molecule has 0 atom stereocenters. The van der Waals surface area contributed by atoms with Crippen molar-refractivity contribution < 1.29 is 4.79 Å². The molecular weight excluding hydrogens is 176 g/mol. The number of carbonyl (C=O) groups excluding carboxylic acids is 1. The van der Waals surface area contributed by atoms with Crippen LogP contribution in [0.15, 0.2) is 24.3 Å². The molecule has 0 aliphatic heterocycles. The lowest BCUT2D eigenvalue weighted by Crippen LogP contribution is -2.01. The van der Waals surface area contributed by atoms with Crippen LogP contribution in [0.4, 0.5) is 0 Å². The van der Waals surface area contributed by atoms with Crippen molar-refractivity contribution in [1.82, 2.24) is 9.55 Å². The van der Waals surface area contributed by atoms with E-state index < -0.39 is 0 Å². The van der Waals surface area contributed by atoms with E-state index in [1.807, 2.05) is 28.8 Å². The van der Waals surface area contributed by atoms with Gasteiger partial charge in [0.1, 0.15) is 0 Å². The number of hydrogen-bond donors (Lipinski definition) is 0. The lowest BCUT2D eigenvalue weighted by atomic mass is 10.3. The molecule has 0 fully saturated rings. The molecule has 0 bridgehead atoms. The molecule has 72 valence electrons. The number of imidazole rings is 1. The van der Waals surface area contributed by atoms with E-state index in [1.54, 1.807) is 0 Å². The van der Waals surface area contributed by atoms with Gasteiger partial charge >= 0.3 is 0 Å². The SMILES string of the molecule is CCCn1c(C=O)nc2ccccc21. The molecule has 0 amide bonds. The Bertz CT molecular complexity index is 459. The van der Waals surface area contributed by atoms with Crippen LogP contribution < -0.4 is 0 Å². The Morgan fingerprint density at radius 2 is 2.21 bits per heavy atom. The molecule has 0 radical (unpaired) electrons. The van der Waals surface area contributed by atoms with Crippen LogP contribution in [0.1, 0.15) is 24.0 Å². The van der Waals surface area contributed by atoms with Crippen LogP contribution in [-0.4, -0.2) is 15.8 Å². The van der Waals surface area contributed by atoms with E-state index in [0.29, 0.717) is 5.82 Å². The van der Waals surface area contributed by atoms with Crippen molar-refractivity contribution >= 4 is 17.3 Å². The smallest absolute Gasteiger partial charge is 0.185 e. The molecule has 2 aromatic rings. The molecule has 0 aliphatic carbocycles. The molecule has 0 unspecified atom stereocenters. The molecule has 14 heavy (non-hydrogen) atoms. The number of aromatic nitrogens is 2. The highest BCUT2D eigenvalue weighted by Gasteiger charge is 2.07. The van der Waals surface area contributed by atoms with Gasteiger partial charge < -0.3 is 4.57 Å². The second kappa shape index (κ2) is 3.62. The van der Waals surface area contributed by atoms with Gasteiger partial charge in [0.2, 0.25) is 0 Å². The predicted molar refractivity (Wildman–Crippen MR) is 55.4 cm³/mol. The van der Waals surface area contributed by atoms with Gasteiger partial charge in [-0.3, -0.25) is 4.79 Å². The van der Waals surface area contributed by atoms with Gasteiger partial charge in [-0.1, -0.05) is 19.1 Å². The third-order valence-corrected chi connectivity index (χ3v) is 2.24. The maximum atomic E-state index is 10.8. The maximum absolute atomic E-state index is 10.8. The van der Waals surface area contributed by atoms with Gasteiger partial charge in [-0.15, -0.1) is 0 Å². The molecule has 0 saturated carbocycles. The monoisotopic (exact) mass is 188 g/mol. The fourth-order valence-electron chi connectivity index (χ4n) is 1.64. The molecule has 0 aliphatic rings. The fourth-order valence-corrected chi connectivity index (χ4v) is 1.64. The molecule has 0 N–H and O–H groups in total. The average Bonchev–Trinajstić information content (AvgIpc) is 2.58. The highest BCUT2D eigenvalue weighted by molar-refractivity contribution is 5.82. The Balaban J connectivity index is 2.67. The Morgan fingerprint density at radius 1 is 1.43 bits per heavy atom. The quantitative estimate of drug-likeness (QED) is 0.692. The van der Waals surface area contributed by atoms with Gasteiger partial charge in [0.15, 0.2) is 12.1 Å². The van der Waals surface area contributed by atoms with Gasteiger partial charge in [-0.25, -0.2) is 4.98 Å². The van der Waals surface area contributed by atoms with E-state index in [1.165, 1.54) is 0 Å². The van der Waals surface area contributed by atoms with Crippen molar-refractivity contribution in [2.24, 2.45) is 0 Å². The third kappa shape index (κ3) is 1.31. The van der Waals surface area contributed by atoms with Crippen LogP contribution >= 0.6 is 0 Å². The van der Waals surface area contributed by atoms with Crippen LogP contribution in [0.3, 0.4) is 0 Å². The van der Waals surface area contributed by atoms with E-state index in [4.69, 9.17) is 0 Å². The molecule has 1 aromatic heterocycles. The van der Waals surface area contributed by atoms with Gasteiger partial charge in [-0.05, 0) is 18.6 Å². The zero-order valence-electron chi connectivity index (χ0n) is 8.10. The summed E-state index contributed by atoms with van der Waals surface area (Å²) in [5, 5.41) is 0. The van der Waals surface area contributed by atoms with Crippen molar-refractivity contribution in [3.63, 3.8) is 0 Å². The van der Waals surface area contributed by atoms with E-state index in [0.717, 1.165) is 30.3 Å². The summed E-state index contributed by atoms with van der Waals surface area (Å²) in [6.07, 6.45) is 1.82. The van der Waals surface area contributed by atoms with Crippen molar-refractivity contribution in [3.8, 4) is 0 Å². The number of aryl methyl sites for hydroxylation is 1. The number of hydrogen-bond acceptors (Lipinski definition) is 2. The highest BCUT2D eigenvalue weighted by Crippen LogP contribution is 2.15. The molecule has 1 heterocycles. The topological polar surface area (TPSA) is 34.9 Å². The second-order valence-electron chi connectivity index (χ2n) is 3.23. The van der Waals surface area contributed by atoms with Crippen molar-refractivity contribution in [1.29, 1.82) is 0 Å². The Labute approximate surface area is 82.4 Å². The number of rotatable bonds is 3. The van der Waals surface area contributed by atoms with E-state index in [9.17, 15) is 4.79 Å². The highest BCUT2D eigenvalue weighted by atomic mass is 16.1. The summed E-state index contributed by atoms with van der Waals surface area (Å²) >= 11 is 0. The minimum absolute atomic E-state index is 0.521. The maximum Gasteiger partial charge on any atom is 0.185 e. The first kappa shape index (κ1) is 8.94. The summed E-state index contributed by atoms with van der Waals surface area (Å²) in [6.45, 7) is 2.93. The summed E-state index contributed by atoms with van der Waals surface area (Å²) in [6, 6.07) is 7.81. The normalized spacial score (nSPS) is 10.6. The number of carbonyl (C=O) groups is 1. The first-order valence-corrected chi connectivity index (χ1v) is 4.77. The molecule has 0 saturated heterocycles. The lowest BCUT2D eigenvalue weighted by molar-refractivity contribution is 0.111. The summed E-state index contributed by atoms with van der Waals surface area (Å²) < 4.78 is 1.96. The number of para-hydroxylation sites is 2. The zero-order chi connectivity index (χ0) is 9.97. The molecule has 3 heteroatoms. The largest absolute Gasteiger partial charge is 0.322 e. The van der Waals surface area contributed by atoms with Gasteiger partial charge in [-0.2, -0.15) is 0 Å². The minimum Gasteiger partial charge on any atom is -0.322 e. The van der Waals surface area contributed by atoms with Gasteiger partial charge in [0.05, 0.1) is 11.0 Å². The van der Waals surface area contributed by atoms with E-state index in [-0.39, 0.29) is 0 Å². The average molecular weight is 188 g/mol.